The minimum atomic E-state index is -1.72. The average molecular weight is 366 g/mol. The summed E-state index contributed by atoms with van der Waals surface area (Å²) in [6, 6.07) is 6.81. The van der Waals surface area contributed by atoms with Gasteiger partial charge in [-0.15, -0.1) is 0 Å². The first-order chi connectivity index (χ1) is 12.1. The van der Waals surface area contributed by atoms with Gasteiger partial charge in [-0.2, -0.15) is 10.2 Å². The number of hydrogen-bond donors (Lipinski definition) is 0. The Balaban J connectivity index is 1.86. The highest BCUT2D eigenvalue weighted by Gasteiger charge is 2.49. The van der Waals surface area contributed by atoms with Gasteiger partial charge in [-0.1, -0.05) is 22.4 Å². The third-order valence-corrected chi connectivity index (χ3v) is 3.43. The topological polar surface area (TPSA) is 105 Å². The number of benzene rings is 1. The first kappa shape index (κ1) is 18.6. The second kappa shape index (κ2) is 6.23. The first-order valence-corrected chi connectivity index (χ1v) is 7.98. The maximum Gasteiger partial charge on any atom is 0.462 e. The van der Waals surface area contributed by atoms with Crippen LogP contribution in [0, 0.1) is 0 Å². The van der Waals surface area contributed by atoms with Crippen LogP contribution < -0.4 is 9.47 Å². The van der Waals surface area contributed by atoms with Gasteiger partial charge in [-0.25, -0.2) is 0 Å². The van der Waals surface area contributed by atoms with Gasteiger partial charge in [-0.05, 0) is 39.8 Å². The summed E-state index contributed by atoms with van der Waals surface area (Å²) in [5.74, 6) is 0.539. The Labute approximate surface area is 151 Å². The zero-order chi connectivity index (χ0) is 19.1. The number of nitrogens with zero attached hydrogens (tertiary/aromatic N) is 4. The molecule has 1 aromatic carbocycles. The highest BCUT2D eigenvalue weighted by Crippen LogP contribution is 2.41. The van der Waals surface area contributed by atoms with E-state index < -0.39 is 23.6 Å². The Morgan fingerprint density at radius 1 is 0.692 bits per heavy atom. The molecular formula is C16H22N4O6. The van der Waals surface area contributed by atoms with Gasteiger partial charge < -0.3 is 9.47 Å². The van der Waals surface area contributed by atoms with Crippen LogP contribution in [0.15, 0.2) is 44.7 Å². The molecule has 0 bridgehead atoms. The predicted molar refractivity (Wildman–Crippen MR) is 87.2 cm³/mol. The molecule has 2 aliphatic rings. The van der Waals surface area contributed by atoms with Crippen LogP contribution >= 0.6 is 0 Å². The van der Waals surface area contributed by atoms with Crippen LogP contribution in [0.4, 0.5) is 0 Å². The minimum absolute atomic E-state index is 0.269. The lowest BCUT2D eigenvalue weighted by molar-refractivity contribution is -0.348. The summed E-state index contributed by atoms with van der Waals surface area (Å²) < 4.78 is 33.5. The molecule has 2 unspecified atom stereocenters. The van der Waals surface area contributed by atoms with Crippen molar-refractivity contribution in [1.82, 2.24) is 0 Å². The second-order valence-electron chi connectivity index (χ2n) is 6.60. The van der Waals surface area contributed by atoms with Crippen molar-refractivity contribution in [2.45, 2.75) is 51.3 Å². The van der Waals surface area contributed by atoms with E-state index in [9.17, 15) is 0 Å². The van der Waals surface area contributed by atoms with E-state index in [1.165, 1.54) is 14.2 Å². The zero-order valence-corrected chi connectivity index (χ0v) is 15.5. The van der Waals surface area contributed by atoms with Crippen LogP contribution in [0.1, 0.15) is 27.7 Å². The number of hydrogen-bond acceptors (Lipinski definition) is 10. The van der Waals surface area contributed by atoms with Crippen molar-refractivity contribution in [3.63, 3.8) is 0 Å². The molecule has 0 N–H and O–H groups in total. The molecule has 26 heavy (non-hydrogen) atoms. The highest BCUT2D eigenvalue weighted by molar-refractivity contribution is 5.40. The number of para-hydroxylation sites is 2. The van der Waals surface area contributed by atoms with Crippen LogP contribution in [-0.2, 0) is 18.9 Å². The Morgan fingerprint density at radius 2 is 1.08 bits per heavy atom. The van der Waals surface area contributed by atoms with Gasteiger partial charge in [0.1, 0.15) is 0 Å². The number of ether oxygens (including phenoxy) is 6. The van der Waals surface area contributed by atoms with Gasteiger partial charge in [0.05, 0.1) is 0 Å². The van der Waals surface area contributed by atoms with E-state index in [0.717, 1.165) is 0 Å². The van der Waals surface area contributed by atoms with Gasteiger partial charge in [-0.3, -0.25) is 18.9 Å². The lowest BCUT2D eigenvalue weighted by Crippen LogP contribution is -2.42. The first-order valence-electron chi connectivity index (χ1n) is 7.98. The monoisotopic (exact) mass is 366 g/mol. The molecule has 0 saturated carbocycles. The molecule has 1 aromatic rings. The molecule has 0 amide bonds. The fraction of sp³-hybridized carbons (Fsp3) is 0.625. The zero-order valence-electron chi connectivity index (χ0n) is 15.5. The maximum atomic E-state index is 5.82. The lowest BCUT2D eigenvalue weighted by atomic mass is 10.3. The van der Waals surface area contributed by atoms with E-state index in [4.69, 9.17) is 28.4 Å². The van der Waals surface area contributed by atoms with Gasteiger partial charge >= 0.3 is 12.2 Å². The average Bonchev–Trinajstić information content (AvgIpc) is 3.06. The molecule has 3 rings (SSSR count). The van der Waals surface area contributed by atoms with Gasteiger partial charge in [0.2, 0.25) is 0 Å². The van der Waals surface area contributed by atoms with Crippen molar-refractivity contribution in [3.8, 4) is 11.5 Å². The highest BCUT2D eigenvalue weighted by atomic mass is 16.9. The third kappa shape index (κ3) is 3.68. The molecule has 0 spiro atoms. The SMILES string of the molecule is COC1(Oc2ccccc2OC2(OC)N=NC(C)(C)O2)N=NC(C)(C)O1. The molecule has 0 aromatic heterocycles. The molecule has 0 fully saturated rings. The van der Waals surface area contributed by atoms with E-state index >= 15 is 0 Å². The van der Waals surface area contributed by atoms with Crippen molar-refractivity contribution in [3.05, 3.63) is 24.3 Å². The molecule has 0 saturated heterocycles. The lowest BCUT2D eigenvalue weighted by Gasteiger charge is -2.29. The summed E-state index contributed by atoms with van der Waals surface area (Å²) in [6.45, 7) is 6.94. The van der Waals surface area contributed by atoms with Crippen LogP contribution in [0.2, 0.25) is 0 Å². The van der Waals surface area contributed by atoms with Crippen LogP contribution in [0.3, 0.4) is 0 Å². The summed E-state index contributed by atoms with van der Waals surface area (Å²) in [7, 11) is 2.80. The predicted octanol–water partition coefficient (Wildman–Crippen LogP) is 3.40. The Kier molecular flexibility index (Phi) is 4.47. The quantitative estimate of drug-likeness (QED) is 0.715. The normalized spacial score (nSPS) is 31.3. The summed E-state index contributed by atoms with van der Waals surface area (Å²) in [6.07, 6.45) is -3.44. The van der Waals surface area contributed by atoms with Crippen molar-refractivity contribution in [2.24, 2.45) is 20.5 Å². The number of azo groups is 2. The summed E-state index contributed by atoms with van der Waals surface area (Å²) in [5, 5.41) is 15.9. The Hall–Kier alpha value is -2.14. The molecule has 142 valence electrons. The molecule has 0 aliphatic carbocycles. The van der Waals surface area contributed by atoms with E-state index in [1.807, 2.05) is 0 Å². The fourth-order valence-electron chi connectivity index (χ4n) is 2.30. The minimum Gasteiger partial charge on any atom is -0.416 e. The van der Waals surface area contributed by atoms with Crippen LogP contribution in [-0.4, -0.2) is 37.9 Å². The summed E-state index contributed by atoms with van der Waals surface area (Å²) in [5.41, 5.74) is -1.77. The summed E-state index contributed by atoms with van der Waals surface area (Å²) in [4.78, 5) is 0. The second-order valence-corrected chi connectivity index (χ2v) is 6.60. The molecule has 2 aliphatic heterocycles. The van der Waals surface area contributed by atoms with E-state index in [-0.39, 0.29) is 11.5 Å². The molecule has 0 radical (unpaired) electrons. The molecule has 2 heterocycles. The standard InChI is InChI=1S/C16H22N4O6/c1-13(2)17-19-15(21-5,25-13)23-11-9-7-8-10-12(11)24-16(22-6)20-18-14(3,4)26-16/h7-10H,1-6H3. The van der Waals surface area contributed by atoms with Crippen molar-refractivity contribution >= 4 is 0 Å². The van der Waals surface area contributed by atoms with Gasteiger partial charge in [0.25, 0.3) is 0 Å². The molecular weight excluding hydrogens is 344 g/mol. The molecule has 10 nitrogen and oxygen atoms in total. The van der Waals surface area contributed by atoms with E-state index in [1.54, 1.807) is 52.0 Å². The summed E-state index contributed by atoms with van der Waals surface area (Å²) >= 11 is 0. The largest absolute Gasteiger partial charge is 0.462 e. The Morgan fingerprint density at radius 3 is 1.35 bits per heavy atom. The maximum absolute atomic E-state index is 5.82. The van der Waals surface area contributed by atoms with E-state index in [0.29, 0.717) is 0 Å². The molecule has 10 heteroatoms. The number of rotatable bonds is 6. The fourth-order valence-corrected chi connectivity index (χ4v) is 2.30. The van der Waals surface area contributed by atoms with Crippen molar-refractivity contribution in [1.29, 1.82) is 0 Å². The van der Waals surface area contributed by atoms with E-state index in [2.05, 4.69) is 20.5 Å². The molecule has 2 atom stereocenters. The van der Waals surface area contributed by atoms with Gasteiger partial charge in [0, 0.05) is 14.2 Å². The third-order valence-electron chi connectivity index (χ3n) is 3.43. The number of methoxy groups -OCH3 is 2. The van der Waals surface area contributed by atoms with Crippen LogP contribution in [0.25, 0.3) is 0 Å². The van der Waals surface area contributed by atoms with Crippen molar-refractivity contribution in [2.75, 3.05) is 14.2 Å². The van der Waals surface area contributed by atoms with Gasteiger partial charge in [0.15, 0.2) is 22.9 Å². The van der Waals surface area contributed by atoms with Crippen LogP contribution in [0.5, 0.6) is 11.5 Å². The Bertz CT molecular complexity index is 676. The van der Waals surface area contributed by atoms with Crippen molar-refractivity contribution < 1.29 is 28.4 Å². The smallest absolute Gasteiger partial charge is 0.416 e.